The van der Waals surface area contributed by atoms with Gasteiger partial charge in [0.25, 0.3) is 0 Å². The molecule has 1 aliphatic rings. The van der Waals surface area contributed by atoms with Crippen molar-refractivity contribution in [1.29, 1.82) is 5.26 Å². The summed E-state index contributed by atoms with van der Waals surface area (Å²) in [6.07, 6.45) is 1.65. The van der Waals surface area contributed by atoms with E-state index in [0.29, 0.717) is 6.42 Å². The van der Waals surface area contributed by atoms with Gasteiger partial charge in [0.1, 0.15) is 0 Å². The maximum Gasteiger partial charge on any atom is 0.0635 e. The van der Waals surface area contributed by atoms with Gasteiger partial charge in [0.2, 0.25) is 0 Å². The molecule has 0 bridgehead atoms. The summed E-state index contributed by atoms with van der Waals surface area (Å²) in [5, 5.41) is 8.80. The highest BCUT2D eigenvalue weighted by molar-refractivity contribution is 5.71. The van der Waals surface area contributed by atoms with Gasteiger partial charge in [-0.1, -0.05) is 48.5 Å². The average molecular weight is 262 g/mol. The molecule has 100 valence electrons. The minimum atomic E-state index is 0.601. The van der Waals surface area contributed by atoms with Crippen LogP contribution in [0.5, 0.6) is 0 Å². The first kappa shape index (κ1) is 12.9. The lowest BCUT2D eigenvalue weighted by Gasteiger charge is -2.26. The lowest BCUT2D eigenvalue weighted by Crippen LogP contribution is -2.28. The van der Waals surface area contributed by atoms with Crippen LogP contribution in [0, 0.1) is 11.3 Å². The maximum atomic E-state index is 8.80. The van der Waals surface area contributed by atoms with Gasteiger partial charge in [0.05, 0.1) is 6.07 Å². The maximum absolute atomic E-state index is 8.80. The van der Waals surface area contributed by atoms with Gasteiger partial charge in [-0.3, -0.25) is 4.90 Å². The number of fused-ring (bicyclic) bond motifs is 3. The molecule has 0 radical (unpaired) electrons. The van der Waals surface area contributed by atoms with E-state index in [2.05, 4.69) is 59.5 Å². The van der Waals surface area contributed by atoms with E-state index in [1.54, 1.807) is 0 Å². The zero-order valence-corrected chi connectivity index (χ0v) is 11.5. The molecule has 0 saturated heterocycles. The van der Waals surface area contributed by atoms with Crippen LogP contribution in [0.2, 0.25) is 0 Å². The summed E-state index contributed by atoms with van der Waals surface area (Å²) in [4.78, 5) is 2.39. The van der Waals surface area contributed by atoms with Crippen molar-refractivity contribution < 1.29 is 0 Å². The molecule has 0 saturated carbocycles. The van der Waals surface area contributed by atoms with E-state index in [-0.39, 0.29) is 0 Å². The summed E-state index contributed by atoms with van der Waals surface area (Å²) in [6.45, 7) is 2.81. The zero-order valence-electron chi connectivity index (χ0n) is 11.5. The van der Waals surface area contributed by atoms with Gasteiger partial charge in [-0.15, -0.1) is 0 Å². The van der Waals surface area contributed by atoms with Crippen LogP contribution in [0.1, 0.15) is 17.5 Å². The summed E-state index contributed by atoms with van der Waals surface area (Å²) >= 11 is 0. The zero-order chi connectivity index (χ0) is 13.8. The van der Waals surface area contributed by atoms with Gasteiger partial charge in [-0.2, -0.15) is 5.26 Å². The molecule has 0 fully saturated rings. The van der Waals surface area contributed by atoms with E-state index < -0.39 is 0 Å². The molecule has 0 amide bonds. The van der Waals surface area contributed by atoms with Crippen LogP contribution in [0.4, 0.5) is 0 Å². The second-order valence-electron chi connectivity index (χ2n) is 5.25. The third-order valence-corrected chi connectivity index (χ3v) is 3.96. The molecule has 2 aromatic carbocycles. The van der Waals surface area contributed by atoms with Crippen molar-refractivity contribution in [3.05, 3.63) is 59.7 Å². The molecule has 1 aliphatic heterocycles. The van der Waals surface area contributed by atoms with Crippen LogP contribution >= 0.6 is 0 Å². The first-order valence-corrected chi connectivity index (χ1v) is 7.14. The molecule has 0 aromatic heterocycles. The van der Waals surface area contributed by atoms with Gasteiger partial charge in [-0.05, 0) is 28.7 Å². The van der Waals surface area contributed by atoms with Crippen molar-refractivity contribution in [2.24, 2.45) is 0 Å². The molecule has 2 aromatic rings. The summed E-state index contributed by atoms with van der Waals surface area (Å²) in [6, 6.07) is 19.6. The van der Waals surface area contributed by atoms with Gasteiger partial charge < -0.3 is 0 Å². The highest BCUT2D eigenvalue weighted by Gasteiger charge is 2.16. The Morgan fingerprint density at radius 2 is 1.60 bits per heavy atom. The Kier molecular flexibility index (Phi) is 3.80. The fourth-order valence-electron chi connectivity index (χ4n) is 2.92. The first-order chi connectivity index (χ1) is 9.88. The third kappa shape index (κ3) is 2.59. The smallest absolute Gasteiger partial charge is 0.0635 e. The Hall–Kier alpha value is -2.11. The molecular weight excluding hydrogens is 244 g/mol. The van der Waals surface area contributed by atoms with E-state index in [4.69, 9.17) is 5.26 Å². The van der Waals surface area contributed by atoms with E-state index >= 15 is 0 Å². The van der Waals surface area contributed by atoms with Crippen molar-refractivity contribution in [3.63, 3.8) is 0 Å². The number of nitriles is 1. The monoisotopic (exact) mass is 262 g/mol. The summed E-state index contributed by atoms with van der Waals surface area (Å²) in [7, 11) is 0. The fourth-order valence-corrected chi connectivity index (χ4v) is 2.92. The predicted molar refractivity (Wildman–Crippen MR) is 81.1 cm³/mol. The molecule has 2 heteroatoms. The topological polar surface area (TPSA) is 27.0 Å². The second-order valence-corrected chi connectivity index (χ2v) is 5.25. The molecular formula is C18H18N2. The highest BCUT2D eigenvalue weighted by Crippen LogP contribution is 2.30. The summed E-state index contributed by atoms with van der Waals surface area (Å²) < 4.78 is 0. The van der Waals surface area contributed by atoms with Gasteiger partial charge in [0, 0.05) is 26.1 Å². The second kappa shape index (κ2) is 5.90. The largest absolute Gasteiger partial charge is 0.298 e. The van der Waals surface area contributed by atoms with Gasteiger partial charge >= 0.3 is 0 Å². The van der Waals surface area contributed by atoms with Crippen molar-refractivity contribution in [2.45, 2.75) is 19.4 Å². The lowest BCUT2D eigenvalue weighted by atomic mass is 9.92. The molecule has 0 atom stereocenters. The van der Waals surface area contributed by atoms with E-state index in [1.165, 1.54) is 22.3 Å². The molecule has 1 heterocycles. The van der Waals surface area contributed by atoms with Crippen LogP contribution in [0.3, 0.4) is 0 Å². The Balaban J connectivity index is 2.01. The molecule has 2 nitrogen and oxygen atoms in total. The summed E-state index contributed by atoms with van der Waals surface area (Å²) in [5.41, 5.74) is 5.46. The van der Waals surface area contributed by atoms with Gasteiger partial charge in [-0.25, -0.2) is 0 Å². The minimum absolute atomic E-state index is 0.601. The average Bonchev–Trinajstić information content (AvgIpc) is 2.49. The third-order valence-electron chi connectivity index (χ3n) is 3.96. The van der Waals surface area contributed by atoms with E-state index in [0.717, 1.165) is 26.1 Å². The Morgan fingerprint density at radius 1 is 0.950 bits per heavy atom. The number of hydrogen-bond donors (Lipinski definition) is 0. The molecule has 3 rings (SSSR count). The van der Waals surface area contributed by atoms with Crippen molar-refractivity contribution in [2.75, 3.05) is 13.1 Å². The Labute approximate surface area is 120 Å². The van der Waals surface area contributed by atoms with Crippen LogP contribution in [-0.4, -0.2) is 18.0 Å². The molecule has 20 heavy (non-hydrogen) atoms. The Morgan fingerprint density at radius 3 is 2.35 bits per heavy atom. The number of benzene rings is 2. The van der Waals surface area contributed by atoms with Crippen molar-refractivity contribution >= 4 is 0 Å². The highest BCUT2D eigenvalue weighted by atomic mass is 15.1. The SMILES string of the molecule is N#CCCN1CCc2ccccc2-c2ccccc2C1. The van der Waals surface area contributed by atoms with Crippen molar-refractivity contribution in [1.82, 2.24) is 4.90 Å². The normalized spacial score (nSPS) is 14.6. The van der Waals surface area contributed by atoms with Crippen LogP contribution in [-0.2, 0) is 13.0 Å². The quantitative estimate of drug-likeness (QED) is 0.826. The molecule has 0 aliphatic carbocycles. The number of hydrogen-bond acceptors (Lipinski definition) is 2. The van der Waals surface area contributed by atoms with Crippen LogP contribution in [0.15, 0.2) is 48.5 Å². The van der Waals surface area contributed by atoms with Crippen LogP contribution < -0.4 is 0 Å². The fraction of sp³-hybridized carbons (Fsp3) is 0.278. The minimum Gasteiger partial charge on any atom is -0.298 e. The predicted octanol–water partition coefficient (Wildman–Crippen LogP) is 3.63. The van der Waals surface area contributed by atoms with E-state index in [9.17, 15) is 0 Å². The lowest BCUT2D eigenvalue weighted by molar-refractivity contribution is 0.274. The first-order valence-electron chi connectivity index (χ1n) is 7.14. The van der Waals surface area contributed by atoms with Gasteiger partial charge in [0.15, 0.2) is 0 Å². The molecule has 0 spiro atoms. The number of rotatable bonds is 2. The standard InChI is InChI=1S/C18H18N2/c19-11-5-12-20-13-10-15-6-1-3-8-17(15)18-9-4-2-7-16(18)14-20/h1-4,6-9H,5,10,12-14H2. The molecule has 0 N–H and O–H groups in total. The van der Waals surface area contributed by atoms with Crippen molar-refractivity contribution in [3.8, 4) is 17.2 Å². The number of nitrogens with zero attached hydrogens (tertiary/aromatic N) is 2. The molecule has 0 unspecified atom stereocenters. The summed E-state index contributed by atoms with van der Waals surface area (Å²) in [5.74, 6) is 0. The Bertz CT molecular complexity index is 640. The van der Waals surface area contributed by atoms with Crippen LogP contribution in [0.25, 0.3) is 11.1 Å². The van der Waals surface area contributed by atoms with E-state index in [1.807, 2.05) is 0 Å².